The van der Waals surface area contributed by atoms with Crippen LogP contribution in [0.5, 0.6) is 0 Å². The van der Waals surface area contributed by atoms with E-state index in [0.717, 1.165) is 0 Å². The summed E-state index contributed by atoms with van der Waals surface area (Å²) >= 11 is 0. The molecular weight excluding hydrogens is 1220 g/mol. The standard InChI is InChI=1S/C12H10F14.C12H11F13O.C12H12F12O2/c1-5(15)9(19,20)6(2,16)11(23,24)8(18,10(5,21)22)12(25,26)7(17,3-13)4-14;1-5(15)9(18,19)6(2,16)11(22,23)8(26,10(5,20)21)12(24,25)7(17,3-13)4-14;1-5(15)9(17,18)6(2,16)11(21,22)8(26,10(5,19)20)12(23,24)7(25,3-13)4-14/h3-4H2,1-2H3;26H,3-4H2,1-2H3;25-26H,3-4H2,1-2H3. The van der Waals surface area contributed by atoms with Gasteiger partial charge in [0.05, 0.1) is 0 Å². The lowest BCUT2D eigenvalue weighted by Gasteiger charge is -2.60. The van der Waals surface area contributed by atoms with E-state index < -0.39 is 220 Å². The molecule has 3 rings (SSSR count). The van der Waals surface area contributed by atoms with Crippen LogP contribution in [0.2, 0.25) is 0 Å². The normalized spacial score (nSPS) is 39.7. The Labute approximate surface area is 407 Å². The third-order valence-electron chi connectivity index (χ3n) is 14.1. The van der Waals surface area contributed by atoms with Crippen molar-refractivity contribution in [3.8, 4) is 0 Å². The zero-order chi connectivity index (χ0) is 64.2. The molecule has 6 unspecified atom stereocenters. The van der Waals surface area contributed by atoms with E-state index in [-0.39, 0.29) is 0 Å². The van der Waals surface area contributed by atoms with Gasteiger partial charge in [-0.3, -0.25) is 0 Å². The van der Waals surface area contributed by atoms with E-state index >= 15 is 0 Å². The van der Waals surface area contributed by atoms with Crippen LogP contribution in [0.4, 0.5) is 171 Å². The smallest absolute Gasteiger partial charge is 0.332 e. The molecule has 0 heterocycles. The number of aliphatic hydroxyl groups is 3. The maximum atomic E-state index is 14.5. The molecule has 0 saturated heterocycles. The Morgan fingerprint density at radius 3 is 0.603 bits per heavy atom. The van der Waals surface area contributed by atoms with Gasteiger partial charge >= 0.3 is 76.7 Å². The average molecular weight is 1250 g/mol. The lowest BCUT2D eigenvalue weighted by Crippen LogP contribution is -2.91. The fourth-order valence-corrected chi connectivity index (χ4v) is 7.87. The quantitative estimate of drug-likeness (QED) is 0.171. The maximum absolute atomic E-state index is 14.5. The first kappa shape index (κ1) is 73.2. The molecule has 0 spiro atoms. The minimum Gasteiger partial charge on any atom is -0.379 e. The zero-order valence-electron chi connectivity index (χ0n) is 38.3. The van der Waals surface area contributed by atoms with Gasteiger partial charge in [0.2, 0.25) is 45.4 Å². The Morgan fingerprint density at radius 2 is 0.423 bits per heavy atom. The van der Waals surface area contributed by atoms with Crippen molar-refractivity contribution in [2.45, 2.75) is 180 Å². The molecule has 0 aromatic heterocycles. The highest BCUT2D eigenvalue weighted by atomic mass is 19.4. The van der Waals surface area contributed by atoms with Crippen molar-refractivity contribution in [2.75, 3.05) is 40.0 Å². The van der Waals surface area contributed by atoms with Gasteiger partial charge in [0.15, 0.2) is 5.60 Å². The second-order valence-electron chi connectivity index (χ2n) is 18.8. The van der Waals surface area contributed by atoms with E-state index in [1.54, 1.807) is 0 Å². The van der Waals surface area contributed by atoms with E-state index in [1.165, 1.54) is 0 Å². The van der Waals surface area contributed by atoms with Gasteiger partial charge in [-0.05, 0) is 41.5 Å². The molecule has 0 aliphatic heterocycles. The van der Waals surface area contributed by atoms with Crippen LogP contribution in [0.1, 0.15) is 41.5 Å². The second kappa shape index (κ2) is 18.3. The van der Waals surface area contributed by atoms with Crippen LogP contribution in [-0.2, 0) is 0 Å². The van der Waals surface area contributed by atoms with Crippen LogP contribution >= 0.6 is 0 Å². The summed E-state index contributed by atoms with van der Waals surface area (Å²) in [6, 6.07) is 0. The van der Waals surface area contributed by atoms with E-state index in [2.05, 4.69) is 0 Å². The minimum absolute atomic E-state index is 0.953. The first-order valence-electron chi connectivity index (χ1n) is 19.6. The number of alkyl halides is 39. The predicted octanol–water partition coefficient (Wildman–Crippen LogP) is 13.1. The molecule has 42 heteroatoms. The number of hydrogen-bond acceptors (Lipinski definition) is 3. The van der Waals surface area contributed by atoms with Crippen molar-refractivity contribution >= 4 is 0 Å². The molecule has 78 heavy (non-hydrogen) atoms. The molecule has 0 amide bonds. The fraction of sp³-hybridized carbons (Fsp3) is 1.00. The summed E-state index contributed by atoms with van der Waals surface area (Å²) in [6.07, 6.45) is 0. The molecule has 3 aliphatic carbocycles. The highest BCUT2D eigenvalue weighted by molar-refractivity contribution is 5.37. The van der Waals surface area contributed by atoms with Crippen LogP contribution < -0.4 is 0 Å². The molecule has 3 saturated carbocycles. The van der Waals surface area contributed by atoms with Gasteiger partial charge in [-0.2, -0.15) is 105 Å². The molecule has 468 valence electrons. The molecule has 3 aliphatic rings. The van der Waals surface area contributed by atoms with Crippen molar-refractivity contribution in [1.29, 1.82) is 0 Å². The molecule has 3 fully saturated rings. The fourth-order valence-electron chi connectivity index (χ4n) is 7.87. The van der Waals surface area contributed by atoms with E-state index in [9.17, 15) is 181 Å². The zero-order valence-corrected chi connectivity index (χ0v) is 38.3. The highest BCUT2D eigenvalue weighted by Crippen LogP contribution is 2.75. The molecule has 6 atom stereocenters. The second-order valence-corrected chi connectivity index (χ2v) is 18.8. The third-order valence-corrected chi connectivity index (χ3v) is 14.1. The lowest BCUT2D eigenvalue weighted by molar-refractivity contribution is -0.486. The van der Waals surface area contributed by atoms with Crippen LogP contribution in [-0.4, -0.2) is 194 Å². The van der Waals surface area contributed by atoms with Gasteiger partial charge in [0.1, 0.15) is 40.0 Å². The SMILES string of the molecule is CC1(F)C(F)(F)C(C)(F)C(F)(F)C(F)(C(F)(F)C(F)(CF)CF)C1(F)F.CC1(F)C(F)(F)C(C)(F)C(F)(F)C(O)(C(F)(F)C(F)(CF)CF)C1(F)F.CC1(F)C(F)(F)C(C)(F)C(F)(F)C(O)(C(F)(F)C(O)(CF)CF)C1(F)F. The minimum atomic E-state index is -7.41. The van der Waals surface area contributed by atoms with Gasteiger partial charge in [0, 0.05) is 0 Å². The van der Waals surface area contributed by atoms with Crippen LogP contribution in [0.25, 0.3) is 0 Å². The summed E-state index contributed by atoms with van der Waals surface area (Å²) < 4.78 is 535. The molecule has 0 aromatic carbocycles. The summed E-state index contributed by atoms with van der Waals surface area (Å²) in [7, 11) is 0. The molecule has 0 radical (unpaired) electrons. The summed E-state index contributed by atoms with van der Waals surface area (Å²) in [6.45, 7) is -25.6. The Hall–Kier alpha value is -2.85. The van der Waals surface area contributed by atoms with Gasteiger partial charge in [-0.25, -0.2) is 65.9 Å². The van der Waals surface area contributed by atoms with E-state index in [0.29, 0.717) is 0 Å². The summed E-state index contributed by atoms with van der Waals surface area (Å²) in [5.41, 5.74) is -73.4. The number of rotatable bonds is 12. The van der Waals surface area contributed by atoms with E-state index in [1.807, 2.05) is 0 Å². The third kappa shape index (κ3) is 7.13. The summed E-state index contributed by atoms with van der Waals surface area (Å²) in [5, 5.41) is 27.8. The largest absolute Gasteiger partial charge is 0.379 e. The van der Waals surface area contributed by atoms with Gasteiger partial charge in [-0.15, -0.1) is 0 Å². The molecule has 0 aromatic rings. The number of halogens is 39. The first-order valence-corrected chi connectivity index (χ1v) is 19.6. The van der Waals surface area contributed by atoms with Crippen molar-refractivity contribution in [1.82, 2.24) is 0 Å². The van der Waals surface area contributed by atoms with Crippen LogP contribution in [0.15, 0.2) is 0 Å². The summed E-state index contributed by atoms with van der Waals surface area (Å²) in [4.78, 5) is 0. The van der Waals surface area contributed by atoms with Gasteiger partial charge in [0.25, 0.3) is 11.2 Å². The average Bonchev–Trinajstić information content (AvgIpc) is 3.29. The lowest BCUT2D eigenvalue weighted by atomic mass is 9.58. The Bertz CT molecular complexity index is 1800. The topological polar surface area (TPSA) is 60.7 Å². The van der Waals surface area contributed by atoms with Gasteiger partial charge in [-0.1, -0.05) is 0 Å². The van der Waals surface area contributed by atoms with Gasteiger partial charge < -0.3 is 15.3 Å². The van der Waals surface area contributed by atoms with Crippen LogP contribution in [0, 0.1) is 0 Å². The Kier molecular flexibility index (Phi) is 17.2. The van der Waals surface area contributed by atoms with E-state index in [4.69, 9.17) is 5.11 Å². The predicted molar refractivity (Wildman–Crippen MR) is 179 cm³/mol. The Balaban J connectivity index is 0.000000585. The molecule has 3 N–H and O–H groups in total. The Morgan fingerprint density at radius 1 is 0.256 bits per heavy atom. The van der Waals surface area contributed by atoms with Crippen LogP contribution in [0.3, 0.4) is 0 Å². The van der Waals surface area contributed by atoms with Crippen molar-refractivity contribution in [2.24, 2.45) is 0 Å². The number of hydrogen-bond donors (Lipinski definition) is 3. The maximum Gasteiger partial charge on any atom is 0.332 e. The summed E-state index contributed by atoms with van der Waals surface area (Å²) in [5.74, 6) is -82.3. The first-order chi connectivity index (χ1) is 33.4. The highest BCUT2D eigenvalue weighted by Gasteiger charge is 3.04. The molecular formula is C36H33F39O3. The molecule has 3 nitrogen and oxygen atoms in total. The monoisotopic (exact) mass is 1250 g/mol. The van der Waals surface area contributed by atoms with Crippen molar-refractivity contribution in [3.05, 3.63) is 0 Å². The van der Waals surface area contributed by atoms with Crippen molar-refractivity contribution < 1.29 is 187 Å². The molecule has 0 bridgehead atoms. The van der Waals surface area contributed by atoms with Crippen molar-refractivity contribution in [3.63, 3.8) is 0 Å².